The van der Waals surface area contributed by atoms with Gasteiger partial charge >= 0.3 is 11.7 Å². The summed E-state index contributed by atoms with van der Waals surface area (Å²) in [5.41, 5.74) is 2.22. The number of carbonyl (C=O) groups is 1. The van der Waals surface area contributed by atoms with Crippen molar-refractivity contribution in [2.24, 2.45) is 5.10 Å². The first kappa shape index (κ1) is 16.5. The zero-order valence-corrected chi connectivity index (χ0v) is 11.9. The summed E-state index contributed by atoms with van der Waals surface area (Å²) < 4.78 is 0. The fourth-order valence-electron chi connectivity index (χ4n) is 1.77. The lowest BCUT2D eigenvalue weighted by atomic mass is 10.1. The predicted molar refractivity (Wildman–Crippen MR) is 84.4 cm³/mol. The number of non-ortho nitro benzene ring substituents is 1. The van der Waals surface area contributed by atoms with Crippen LogP contribution in [0.1, 0.15) is 15.9 Å². The molecule has 0 spiro atoms. The van der Waals surface area contributed by atoms with Gasteiger partial charge in [-0.2, -0.15) is 5.10 Å². The highest BCUT2D eigenvalue weighted by Crippen LogP contribution is 2.28. The Hall–Kier alpha value is -3.82. The minimum atomic E-state index is -1.06. The first-order valence-corrected chi connectivity index (χ1v) is 6.44. The van der Waals surface area contributed by atoms with Crippen LogP contribution < -0.4 is 5.43 Å². The maximum Gasteiger partial charge on any atom is 0.335 e. The lowest BCUT2D eigenvalue weighted by Gasteiger charge is -2.02. The van der Waals surface area contributed by atoms with E-state index in [1.165, 1.54) is 36.5 Å². The summed E-state index contributed by atoms with van der Waals surface area (Å²) in [6, 6.07) is 8.93. The number of aromatic carboxylic acids is 1. The number of rotatable bonds is 6. The van der Waals surface area contributed by atoms with Crippen molar-refractivity contribution in [2.75, 3.05) is 5.43 Å². The predicted octanol–water partition coefficient (Wildman–Crippen LogP) is 2.65. The molecule has 0 aliphatic carbocycles. The zero-order chi connectivity index (χ0) is 17.7. The number of carboxylic acids is 1. The van der Waals surface area contributed by atoms with Gasteiger partial charge < -0.3 is 5.11 Å². The van der Waals surface area contributed by atoms with Gasteiger partial charge in [-0.15, -0.1) is 0 Å². The first-order valence-electron chi connectivity index (χ1n) is 6.44. The number of nitro groups is 2. The molecular weight excluding hydrogens is 320 g/mol. The second-order valence-electron chi connectivity index (χ2n) is 4.51. The quantitative estimate of drug-likeness (QED) is 0.470. The van der Waals surface area contributed by atoms with Gasteiger partial charge in [0.15, 0.2) is 0 Å². The van der Waals surface area contributed by atoms with Gasteiger partial charge in [0.2, 0.25) is 0 Å². The summed E-state index contributed by atoms with van der Waals surface area (Å²) >= 11 is 0. The monoisotopic (exact) mass is 330 g/mol. The summed E-state index contributed by atoms with van der Waals surface area (Å²) in [6.45, 7) is 0. The third-order valence-electron chi connectivity index (χ3n) is 2.95. The molecule has 10 nitrogen and oxygen atoms in total. The lowest BCUT2D eigenvalue weighted by Crippen LogP contribution is -1.99. The van der Waals surface area contributed by atoms with Crippen molar-refractivity contribution in [3.05, 3.63) is 73.8 Å². The molecule has 0 amide bonds. The molecule has 2 rings (SSSR count). The van der Waals surface area contributed by atoms with Gasteiger partial charge in [0.25, 0.3) is 5.69 Å². The molecule has 2 aromatic rings. The van der Waals surface area contributed by atoms with Crippen LogP contribution in [-0.4, -0.2) is 27.1 Å². The highest BCUT2D eigenvalue weighted by Gasteiger charge is 2.19. The van der Waals surface area contributed by atoms with E-state index in [9.17, 15) is 25.0 Å². The van der Waals surface area contributed by atoms with Crippen LogP contribution >= 0.6 is 0 Å². The summed E-state index contributed by atoms with van der Waals surface area (Å²) in [4.78, 5) is 30.9. The van der Waals surface area contributed by atoms with E-state index in [0.717, 1.165) is 12.1 Å². The molecule has 2 N–H and O–H groups in total. The maximum atomic E-state index is 11.0. The third-order valence-corrected chi connectivity index (χ3v) is 2.95. The van der Waals surface area contributed by atoms with Crippen LogP contribution in [0.25, 0.3) is 0 Å². The van der Waals surface area contributed by atoms with Crippen molar-refractivity contribution < 1.29 is 19.7 Å². The van der Waals surface area contributed by atoms with Crippen LogP contribution in [-0.2, 0) is 0 Å². The van der Waals surface area contributed by atoms with Gasteiger partial charge in [-0.3, -0.25) is 25.7 Å². The van der Waals surface area contributed by atoms with Gasteiger partial charge in [-0.1, -0.05) is 12.1 Å². The summed E-state index contributed by atoms with van der Waals surface area (Å²) in [5, 5.41) is 34.2. The molecule has 0 unspecified atom stereocenters. The number of hydrogen-bond acceptors (Lipinski definition) is 7. The fraction of sp³-hybridized carbons (Fsp3) is 0. The van der Waals surface area contributed by atoms with E-state index in [1.54, 1.807) is 0 Å². The number of anilines is 1. The molecule has 122 valence electrons. The summed E-state index contributed by atoms with van der Waals surface area (Å²) in [6.07, 6.45) is 1.33. The van der Waals surface area contributed by atoms with Crippen molar-refractivity contribution in [3.63, 3.8) is 0 Å². The van der Waals surface area contributed by atoms with Gasteiger partial charge in [-0.05, 0) is 23.8 Å². The van der Waals surface area contributed by atoms with Crippen LogP contribution in [0, 0.1) is 20.2 Å². The molecule has 24 heavy (non-hydrogen) atoms. The highest BCUT2D eigenvalue weighted by molar-refractivity contribution is 5.89. The van der Waals surface area contributed by atoms with E-state index in [0.29, 0.717) is 5.56 Å². The average molecular weight is 330 g/mol. The molecule has 0 aliphatic heterocycles. The number of nitrogens with zero attached hydrogens (tertiary/aromatic N) is 3. The molecule has 10 heteroatoms. The maximum absolute atomic E-state index is 11.0. The average Bonchev–Trinajstić information content (AvgIpc) is 2.55. The van der Waals surface area contributed by atoms with Gasteiger partial charge in [0.05, 0.1) is 27.7 Å². The smallest absolute Gasteiger partial charge is 0.335 e. The second-order valence-corrected chi connectivity index (χ2v) is 4.51. The molecule has 0 aromatic heterocycles. The molecule has 0 radical (unpaired) electrons. The van der Waals surface area contributed by atoms with Crippen molar-refractivity contribution >= 4 is 29.2 Å². The number of hydrazone groups is 1. The van der Waals surface area contributed by atoms with E-state index in [-0.39, 0.29) is 11.3 Å². The summed E-state index contributed by atoms with van der Waals surface area (Å²) in [5.74, 6) is -1.06. The Bertz CT molecular complexity index is 832. The molecular formula is C14H10N4O6. The van der Waals surface area contributed by atoms with Crippen LogP contribution in [0.5, 0.6) is 0 Å². The fourth-order valence-corrected chi connectivity index (χ4v) is 1.77. The first-order chi connectivity index (χ1) is 11.4. The van der Waals surface area contributed by atoms with Crippen LogP contribution in [0.3, 0.4) is 0 Å². The molecule has 0 fully saturated rings. The number of nitrogens with one attached hydrogen (secondary N) is 1. The Balaban J connectivity index is 2.17. The van der Waals surface area contributed by atoms with Crippen molar-refractivity contribution in [2.45, 2.75) is 0 Å². The van der Waals surface area contributed by atoms with Gasteiger partial charge in [0, 0.05) is 6.07 Å². The number of hydrogen-bond donors (Lipinski definition) is 2. The lowest BCUT2D eigenvalue weighted by molar-refractivity contribution is -0.393. The Morgan fingerprint density at radius 1 is 1.08 bits per heavy atom. The Labute approximate surface area is 134 Å². The Morgan fingerprint density at radius 2 is 1.75 bits per heavy atom. The van der Waals surface area contributed by atoms with E-state index in [4.69, 9.17) is 5.11 Å². The van der Waals surface area contributed by atoms with Crippen LogP contribution in [0.4, 0.5) is 17.1 Å². The molecule has 0 atom stereocenters. The molecule has 0 bridgehead atoms. The third kappa shape index (κ3) is 3.88. The standard InChI is InChI=1S/C14H10N4O6/c19-14(20)10-3-1-9(2-4-10)8-15-16-12-6-5-11(17(21)22)7-13(12)18(23)24/h1-8,16H,(H,19,20)/b15-8-. The van der Waals surface area contributed by atoms with E-state index >= 15 is 0 Å². The van der Waals surface area contributed by atoms with Crippen molar-refractivity contribution in [3.8, 4) is 0 Å². The minimum absolute atomic E-state index is 0.0102. The SMILES string of the molecule is O=C(O)c1ccc(/C=N\Nc2ccc([N+](=O)[O-])cc2[N+](=O)[O-])cc1. The van der Waals surface area contributed by atoms with Crippen LogP contribution in [0.15, 0.2) is 47.6 Å². The molecule has 0 saturated carbocycles. The molecule has 0 heterocycles. The second kappa shape index (κ2) is 6.96. The minimum Gasteiger partial charge on any atom is -0.478 e. The Morgan fingerprint density at radius 3 is 2.29 bits per heavy atom. The summed E-state index contributed by atoms with van der Waals surface area (Å²) in [7, 11) is 0. The molecule has 0 aliphatic rings. The zero-order valence-electron chi connectivity index (χ0n) is 11.9. The highest BCUT2D eigenvalue weighted by atomic mass is 16.6. The number of benzene rings is 2. The van der Waals surface area contributed by atoms with E-state index in [1.807, 2.05) is 0 Å². The van der Waals surface area contributed by atoms with E-state index < -0.39 is 27.2 Å². The number of carboxylic acid groups (broad SMARTS) is 1. The van der Waals surface area contributed by atoms with E-state index in [2.05, 4.69) is 10.5 Å². The van der Waals surface area contributed by atoms with Crippen LogP contribution in [0.2, 0.25) is 0 Å². The van der Waals surface area contributed by atoms with Crippen molar-refractivity contribution in [1.82, 2.24) is 0 Å². The number of nitro benzene ring substituents is 2. The van der Waals surface area contributed by atoms with Gasteiger partial charge in [0.1, 0.15) is 5.69 Å². The van der Waals surface area contributed by atoms with Gasteiger partial charge in [-0.25, -0.2) is 4.79 Å². The normalized spacial score (nSPS) is 10.5. The topological polar surface area (TPSA) is 148 Å². The molecule has 2 aromatic carbocycles. The van der Waals surface area contributed by atoms with Crippen molar-refractivity contribution in [1.29, 1.82) is 0 Å². The molecule has 0 saturated heterocycles. The Kier molecular flexibility index (Phi) is 4.80. The largest absolute Gasteiger partial charge is 0.478 e.